The molecule has 0 aliphatic heterocycles. The van der Waals surface area contributed by atoms with Crippen LogP contribution in [-0.4, -0.2) is 23.3 Å². The largest absolute Gasteiger partial charge is 0.481 e. The van der Waals surface area contributed by atoms with Gasteiger partial charge in [-0.3, -0.25) is 4.79 Å². The third kappa shape index (κ3) is 4.04. The topological polar surface area (TPSA) is 46.5 Å². The molecule has 3 fully saturated rings. The van der Waals surface area contributed by atoms with Crippen LogP contribution in [0.15, 0.2) is 0 Å². The Morgan fingerprint density at radius 1 is 0.955 bits per heavy atom. The minimum atomic E-state index is -0.655. The lowest BCUT2D eigenvalue weighted by Crippen LogP contribution is -2.33. The summed E-state index contributed by atoms with van der Waals surface area (Å²) in [6, 6.07) is 0. The van der Waals surface area contributed by atoms with Crippen molar-refractivity contribution in [2.75, 3.05) is 0 Å². The van der Waals surface area contributed by atoms with Crippen molar-refractivity contribution in [2.45, 2.75) is 95.7 Å². The predicted molar refractivity (Wildman–Crippen MR) is 86.8 cm³/mol. The molecule has 0 aromatic carbocycles. The quantitative estimate of drug-likeness (QED) is 0.623. The number of ether oxygens (including phenoxy) is 1. The van der Waals surface area contributed by atoms with Crippen LogP contribution in [0.4, 0.5) is 0 Å². The molecule has 126 valence electrons. The second kappa shape index (κ2) is 7.81. The van der Waals surface area contributed by atoms with Gasteiger partial charge in [0.2, 0.25) is 0 Å². The fraction of sp³-hybridized carbons (Fsp3) is 0.947. The summed E-state index contributed by atoms with van der Waals surface area (Å²) in [7, 11) is 0. The lowest BCUT2D eigenvalue weighted by molar-refractivity contribution is -0.137. The smallest absolute Gasteiger partial charge is 0.303 e. The fourth-order valence-electron chi connectivity index (χ4n) is 5.23. The van der Waals surface area contributed by atoms with Gasteiger partial charge in [-0.15, -0.1) is 0 Å². The molecule has 3 saturated carbocycles. The first-order valence-corrected chi connectivity index (χ1v) is 9.61. The lowest BCUT2D eigenvalue weighted by Gasteiger charge is -2.33. The number of aliphatic carboxylic acids is 1. The van der Waals surface area contributed by atoms with Crippen LogP contribution in [0.2, 0.25) is 0 Å². The molecule has 1 N–H and O–H groups in total. The number of unbranched alkanes of at least 4 members (excludes halogenated alkanes) is 3. The molecule has 0 spiro atoms. The first kappa shape index (κ1) is 16.3. The minimum absolute atomic E-state index is 0.335. The summed E-state index contributed by atoms with van der Waals surface area (Å²) < 4.78 is 6.55. The maximum atomic E-state index is 10.5. The molecule has 0 aromatic heterocycles. The number of hydrogen-bond acceptors (Lipinski definition) is 2. The van der Waals surface area contributed by atoms with Crippen LogP contribution in [0.5, 0.6) is 0 Å². The van der Waals surface area contributed by atoms with Crippen LogP contribution in [0.1, 0.15) is 83.5 Å². The van der Waals surface area contributed by atoms with Gasteiger partial charge < -0.3 is 9.84 Å². The van der Waals surface area contributed by atoms with E-state index in [1.54, 1.807) is 0 Å². The number of carboxylic acids is 1. The molecule has 3 aliphatic rings. The average molecular weight is 308 g/mol. The van der Waals surface area contributed by atoms with Gasteiger partial charge in [-0.25, -0.2) is 0 Å². The molecule has 3 nitrogen and oxygen atoms in total. The molecular weight excluding hydrogens is 276 g/mol. The first-order chi connectivity index (χ1) is 10.7. The maximum absolute atomic E-state index is 10.5. The Morgan fingerprint density at radius 2 is 1.68 bits per heavy atom. The zero-order valence-electron chi connectivity index (χ0n) is 13.8. The van der Waals surface area contributed by atoms with Crippen LogP contribution in [0.25, 0.3) is 0 Å². The lowest BCUT2D eigenvalue weighted by atomic mass is 9.82. The molecule has 0 aromatic rings. The third-order valence-corrected chi connectivity index (χ3v) is 6.34. The van der Waals surface area contributed by atoms with Gasteiger partial charge >= 0.3 is 5.97 Å². The number of hydrogen-bond donors (Lipinski definition) is 1. The standard InChI is InChI=1S/C19H32O3/c20-18(21)10-4-2-1-3-9-17-14-11-12-15(13-14)19(17)22-16-7-5-6-8-16/h14-17,19H,1-13H2,(H,20,21)/t14-,15+,17-,19+/m0/s1. The van der Waals surface area contributed by atoms with E-state index < -0.39 is 5.97 Å². The van der Waals surface area contributed by atoms with Gasteiger partial charge in [-0.1, -0.05) is 32.1 Å². The van der Waals surface area contributed by atoms with Gasteiger partial charge in [0.1, 0.15) is 0 Å². The molecule has 0 heterocycles. The SMILES string of the molecule is O=C(O)CCCCCC[C@H]1[C@H]2CC[C@H](C2)[C@H]1OC1CCCC1. The van der Waals surface area contributed by atoms with E-state index in [-0.39, 0.29) is 0 Å². The zero-order chi connectivity index (χ0) is 15.4. The summed E-state index contributed by atoms with van der Waals surface area (Å²) in [6.45, 7) is 0. The average Bonchev–Trinajstić information content (AvgIpc) is 3.21. The minimum Gasteiger partial charge on any atom is -0.481 e. The zero-order valence-corrected chi connectivity index (χ0v) is 13.8. The van der Waals surface area contributed by atoms with Gasteiger partial charge in [0.05, 0.1) is 12.2 Å². The van der Waals surface area contributed by atoms with Crippen molar-refractivity contribution >= 4 is 5.97 Å². The second-order valence-corrected chi connectivity index (χ2v) is 7.85. The molecule has 0 unspecified atom stereocenters. The molecule has 2 bridgehead atoms. The van der Waals surface area contributed by atoms with Gasteiger partial charge in [0, 0.05) is 6.42 Å². The van der Waals surface area contributed by atoms with Crippen molar-refractivity contribution in [3.8, 4) is 0 Å². The monoisotopic (exact) mass is 308 g/mol. The van der Waals surface area contributed by atoms with Crippen molar-refractivity contribution in [3.63, 3.8) is 0 Å². The number of fused-ring (bicyclic) bond motifs is 2. The predicted octanol–water partition coefficient (Wildman–Crippen LogP) is 4.79. The Labute approximate surface area is 134 Å². The maximum Gasteiger partial charge on any atom is 0.303 e. The Hall–Kier alpha value is -0.570. The second-order valence-electron chi connectivity index (χ2n) is 7.85. The van der Waals surface area contributed by atoms with Crippen LogP contribution < -0.4 is 0 Å². The van der Waals surface area contributed by atoms with Gasteiger partial charge in [-0.2, -0.15) is 0 Å². The van der Waals surface area contributed by atoms with E-state index in [0.717, 1.165) is 30.6 Å². The van der Waals surface area contributed by atoms with Crippen LogP contribution in [-0.2, 0) is 9.53 Å². The number of carbonyl (C=O) groups is 1. The summed E-state index contributed by atoms with van der Waals surface area (Å²) in [5, 5.41) is 8.67. The summed E-state index contributed by atoms with van der Waals surface area (Å²) in [5.74, 6) is 1.93. The summed E-state index contributed by atoms with van der Waals surface area (Å²) in [4.78, 5) is 10.5. The van der Waals surface area contributed by atoms with Gasteiger partial charge in [0.25, 0.3) is 0 Å². The first-order valence-electron chi connectivity index (χ1n) is 9.61. The highest BCUT2D eigenvalue weighted by Crippen LogP contribution is 2.52. The highest BCUT2D eigenvalue weighted by molar-refractivity contribution is 5.66. The Morgan fingerprint density at radius 3 is 2.45 bits per heavy atom. The highest BCUT2D eigenvalue weighted by atomic mass is 16.5. The Bertz CT molecular complexity index is 362. The highest BCUT2D eigenvalue weighted by Gasteiger charge is 2.48. The Kier molecular flexibility index (Phi) is 5.78. The molecule has 0 radical (unpaired) electrons. The molecule has 22 heavy (non-hydrogen) atoms. The van der Waals surface area contributed by atoms with E-state index in [2.05, 4.69) is 0 Å². The third-order valence-electron chi connectivity index (χ3n) is 6.34. The van der Waals surface area contributed by atoms with Gasteiger partial charge in [0.15, 0.2) is 0 Å². The summed E-state index contributed by atoms with van der Waals surface area (Å²) in [5.41, 5.74) is 0. The van der Waals surface area contributed by atoms with E-state index in [9.17, 15) is 4.79 Å². The summed E-state index contributed by atoms with van der Waals surface area (Å²) >= 11 is 0. The van der Waals surface area contributed by atoms with Crippen LogP contribution in [0.3, 0.4) is 0 Å². The van der Waals surface area contributed by atoms with Crippen LogP contribution in [0, 0.1) is 17.8 Å². The van der Waals surface area contributed by atoms with Gasteiger partial charge in [-0.05, 0) is 62.7 Å². The van der Waals surface area contributed by atoms with E-state index in [1.807, 2.05) is 0 Å². The molecule has 3 aliphatic carbocycles. The number of rotatable bonds is 9. The summed E-state index contributed by atoms with van der Waals surface area (Å²) in [6.07, 6.45) is 16.7. The normalized spacial score (nSPS) is 34.5. The van der Waals surface area contributed by atoms with Crippen LogP contribution >= 0.6 is 0 Å². The van der Waals surface area contributed by atoms with E-state index in [1.165, 1.54) is 64.2 Å². The van der Waals surface area contributed by atoms with E-state index in [4.69, 9.17) is 9.84 Å². The van der Waals surface area contributed by atoms with Crippen molar-refractivity contribution < 1.29 is 14.6 Å². The van der Waals surface area contributed by atoms with Crippen molar-refractivity contribution in [3.05, 3.63) is 0 Å². The molecular formula is C19H32O3. The molecule has 0 saturated heterocycles. The molecule has 0 amide bonds. The van der Waals surface area contributed by atoms with E-state index in [0.29, 0.717) is 18.6 Å². The van der Waals surface area contributed by atoms with Crippen molar-refractivity contribution in [2.24, 2.45) is 17.8 Å². The van der Waals surface area contributed by atoms with Crippen molar-refractivity contribution in [1.82, 2.24) is 0 Å². The van der Waals surface area contributed by atoms with E-state index >= 15 is 0 Å². The molecule has 3 heteroatoms. The number of carboxylic acid groups (broad SMARTS) is 1. The molecule has 4 atom stereocenters. The fourth-order valence-corrected chi connectivity index (χ4v) is 5.23. The van der Waals surface area contributed by atoms with Crippen molar-refractivity contribution in [1.29, 1.82) is 0 Å². The molecule has 3 rings (SSSR count). The Balaban J connectivity index is 1.39.